The van der Waals surface area contributed by atoms with E-state index in [1.165, 1.54) is 5.56 Å². The normalized spacial score (nSPS) is 18.9. The topological polar surface area (TPSA) is 141 Å². The predicted molar refractivity (Wildman–Crippen MR) is 194 cm³/mol. The SMILES string of the molecule is CN(C)C(=O)c1cc2cnc(Nc3ccc(N4CCC(N(C)Cc5cccc(NC6CCC(=O)NC6=O)c5)CC4)cn3)nc2n1C1CCCC1. The fraction of sp³-hybridized carbons (Fsp3) is 0.459. The molecule has 1 unspecified atom stereocenters. The number of fused-ring (bicyclic) bond motifs is 1. The van der Waals surface area contributed by atoms with E-state index < -0.39 is 6.04 Å². The van der Waals surface area contributed by atoms with Crippen LogP contribution in [0.5, 0.6) is 0 Å². The second-order valence-electron chi connectivity index (χ2n) is 14.0. The van der Waals surface area contributed by atoms with Crippen molar-refractivity contribution >= 4 is 51.9 Å². The highest BCUT2D eigenvalue weighted by atomic mass is 16.2. The van der Waals surface area contributed by atoms with E-state index >= 15 is 0 Å². The molecule has 262 valence electrons. The molecule has 3 N–H and O–H groups in total. The number of anilines is 4. The summed E-state index contributed by atoms with van der Waals surface area (Å²) in [5.74, 6) is 0.631. The Labute approximate surface area is 292 Å². The molecule has 2 aliphatic heterocycles. The molecule has 50 heavy (non-hydrogen) atoms. The number of benzene rings is 1. The van der Waals surface area contributed by atoms with Crippen molar-refractivity contribution in [1.29, 1.82) is 0 Å². The Morgan fingerprint density at radius 1 is 0.960 bits per heavy atom. The molecular formula is C37H46N10O3. The molecule has 4 aromatic rings. The Balaban J connectivity index is 0.943. The van der Waals surface area contributed by atoms with Crippen molar-refractivity contribution < 1.29 is 14.4 Å². The van der Waals surface area contributed by atoms with Crippen LogP contribution in [0, 0.1) is 0 Å². The highest BCUT2D eigenvalue weighted by Gasteiger charge is 2.28. The van der Waals surface area contributed by atoms with E-state index in [1.54, 1.807) is 25.2 Å². The van der Waals surface area contributed by atoms with Gasteiger partial charge < -0.3 is 25.0 Å². The first-order chi connectivity index (χ1) is 24.2. The van der Waals surface area contributed by atoms with Crippen LogP contribution in [0.3, 0.4) is 0 Å². The van der Waals surface area contributed by atoms with Gasteiger partial charge >= 0.3 is 0 Å². The second-order valence-corrected chi connectivity index (χ2v) is 14.0. The number of nitrogens with one attached hydrogen (secondary N) is 3. The van der Waals surface area contributed by atoms with Crippen LogP contribution < -0.4 is 20.9 Å². The third-order valence-corrected chi connectivity index (χ3v) is 10.3. The number of hydrogen-bond donors (Lipinski definition) is 3. The smallest absolute Gasteiger partial charge is 0.270 e. The Bertz CT molecular complexity index is 1860. The average Bonchev–Trinajstić information content (AvgIpc) is 3.78. The molecule has 3 aliphatic rings. The van der Waals surface area contributed by atoms with Crippen molar-refractivity contribution in [3.8, 4) is 0 Å². The van der Waals surface area contributed by atoms with E-state index in [-0.39, 0.29) is 23.8 Å². The fourth-order valence-corrected chi connectivity index (χ4v) is 7.53. The van der Waals surface area contributed by atoms with Gasteiger partial charge in [-0.05, 0) is 75.0 Å². The number of pyridine rings is 1. The summed E-state index contributed by atoms with van der Waals surface area (Å²) in [5.41, 5.74) is 4.59. The summed E-state index contributed by atoms with van der Waals surface area (Å²) in [7, 11) is 5.73. The highest BCUT2D eigenvalue weighted by molar-refractivity contribution is 6.01. The second kappa shape index (κ2) is 14.4. The Morgan fingerprint density at radius 3 is 2.48 bits per heavy atom. The lowest BCUT2D eigenvalue weighted by atomic mass is 10.0. The standard InChI is InChI=1S/C37H46N10O3/c1-44(2)36(50)31-20-25-21-39-37(43-34(25)47(31)28-9-4-5-10-28)41-32-13-11-29(22-38-32)46-17-15-27(16-18-46)45(3)23-24-7-6-8-26(19-24)40-30-12-14-33(48)42-35(30)49/h6-8,11,13,19-22,27-28,30,40H,4-5,9-10,12,14-18,23H2,1-3H3,(H,42,48,49)(H,38,39,41,43). The number of hydrogen-bond acceptors (Lipinski definition) is 10. The minimum atomic E-state index is -0.393. The number of aromatic nitrogens is 4. The van der Waals surface area contributed by atoms with E-state index in [4.69, 9.17) is 9.97 Å². The molecule has 1 aliphatic carbocycles. The summed E-state index contributed by atoms with van der Waals surface area (Å²) >= 11 is 0. The maximum Gasteiger partial charge on any atom is 0.270 e. The number of amides is 3. The molecule has 13 heteroatoms. The monoisotopic (exact) mass is 678 g/mol. The van der Waals surface area contributed by atoms with Crippen LogP contribution in [0.25, 0.3) is 11.0 Å². The summed E-state index contributed by atoms with van der Waals surface area (Å²) < 4.78 is 2.12. The van der Waals surface area contributed by atoms with Crippen LogP contribution in [0.2, 0.25) is 0 Å². The van der Waals surface area contributed by atoms with Gasteiger partial charge in [0.05, 0.1) is 11.9 Å². The lowest BCUT2D eigenvalue weighted by molar-refractivity contribution is -0.133. The zero-order valence-corrected chi connectivity index (χ0v) is 29.1. The van der Waals surface area contributed by atoms with Gasteiger partial charge in [0.1, 0.15) is 23.2 Å². The Hall–Kier alpha value is -5.04. The molecule has 7 rings (SSSR count). The lowest BCUT2D eigenvalue weighted by Gasteiger charge is -2.37. The van der Waals surface area contributed by atoms with Crippen molar-refractivity contribution in [3.63, 3.8) is 0 Å². The summed E-state index contributed by atoms with van der Waals surface area (Å²) in [6.07, 6.45) is 11.0. The van der Waals surface area contributed by atoms with Gasteiger partial charge in [-0.15, -0.1) is 0 Å². The van der Waals surface area contributed by atoms with Crippen molar-refractivity contribution in [3.05, 3.63) is 66.1 Å². The Morgan fingerprint density at radius 2 is 1.76 bits per heavy atom. The largest absolute Gasteiger partial charge is 0.374 e. The van der Waals surface area contributed by atoms with Gasteiger partial charge in [-0.3, -0.25) is 24.6 Å². The van der Waals surface area contributed by atoms with E-state index in [0.717, 1.165) is 80.6 Å². The zero-order chi connectivity index (χ0) is 34.8. The first-order valence-electron chi connectivity index (χ1n) is 17.7. The van der Waals surface area contributed by atoms with Crippen molar-refractivity contribution in [2.24, 2.45) is 0 Å². The molecule has 5 heterocycles. The number of rotatable bonds is 10. The molecule has 0 bridgehead atoms. The van der Waals surface area contributed by atoms with Crippen LogP contribution in [-0.2, 0) is 16.1 Å². The third kappa shape index (κ3) is 7.28. The average molecular weight is 679 g/mol. The number of piperidine rings is 2. The van der Waals surface area contributed by atoms with Crippen LogP contribution >= 0.6 is 0 Å². The van der Waals surface area contributed by atoms with Gasteiger partial charge in [0.25, 0.3) is 5.91 Å². The van der Waals surface area contributed by atoms with Crippen molar-refractivity contribution in [1.82, 2.24) is 34.6 Å². The molecule has 0 radical (unpaired) electrons. The van der Waals surface area contributed by atoms with Crippen LogP contribution in [0.1, 0.15) is 73.5 Å². The summed E-state index contributed by atoms with van der Waals surface area (Å²) in [5, 5.41) is 9.84. The first kappa shape index (κ1) is 33.5. The lowest BCUT2D eigenvalue weighted by Crippen LogP contribution is -2.47. The van der Waals surface area contributed by atoms with Gasteiger partial charge in [-0.2, -0.15) is 4.98 Å². The van der Waals surface area contributed by atoms with E-state index in [1.807, 2.05) is 30.5 Å². The first-order valence-corrected chi connectivity index (χ1v) is 17.7. The quantitative estimate of drug-likeness (QED) is 0.202. The van der Waals surface area contributed by atoms with E-state index in [9.17, 15) is 14.4 Å². The van der Waals surface area contributed by atoms with Gasteiger partial charge in [0.15, 0.2) is 0 Å². The van der Waals surface area contributed by atoms with Crippen LogP contribution in [0.15, 0.2) is 54.9 Å². The predicted octanol–water partition coefficient (Wildman–Crippen LogP) is 4.70. The molecule has 1 atom stereocenters. The van der Waals surface area contributed by atoms with Gasteiger partial charge in [0.2, 0.25) is 17.8 Å². The molecule has 1 saturated carbocycles. The summed E-state index contributed by atoms with van der Waals surface area (Å²) in [6, 6.07) is 14.5. The molecule has 0 spiro atoms. The molecule has 3 fully saturated rings. The number of carbonyl (C=O) groups excluding carboxylic acids is 3. The maximum atomic E-state index is 13.0. The fourth-order valence-electron chi connectivity index (χ4n) is 7.53. The molecule has 3 aromatic heterocycles. The maximum absolute atomic E-state index is 13.0. The molecule has 1 aromatic carbocycles. The molecule has 13 nitrogen and oxygen atoms in total. The number of carbonyl (C=O) groups is 3. The molecular weight excluding hydrogens is 632 g/mol. The molecule has 2 saturated heterocycles. The minimum Gasteiger partial charge on any atom is -0.374 e. The highest BCUT2D eigenvalue weighted by Crippen LogP contribution is 2.35. The van der Waals surface area contributed by atoms with Gasteiger partial charge in [-0.1, -0.05) is 25.0 Å². The molecule has 3 amide bonds. The van der Waals surface area contributed by atoms with E-state index in [0.29, 0.717) is 36.3 Å². The summed E-state index contributed by atoms with van der Waals surface area (Å²) in [4.78, 5) is 57.2. The number of nitrogens with zero attached hydrogens (tertiary/aromatic N) is 7. The van der Waals surface area contributed by atoms with Gasteiger partial charge in [0, 0.05) is 69.5 Å². The van der Waals surface area contributed by atoms with Crippen molar-refractivity contribution in [2.75, 3.05) is 49.8 Å². The minimum absolute atomic E-state index is 0.0243. The summed E-state index contributed by atoms with van der Waals surface area (Å²) in [6.45, 7) is 2.68. The van der Waals surface area contributed by atoms with Crippen LogP contribution in [0.4, 0.5) is 23.1 Å². The third-order valence-electron chi connectivity index (χ3n) is 10.3. The number of imide groups is 1. The van der Waals surface area contributed by atoms with Gasteiger partial charge in [-0.25, -0.2) is 9.97 Å². The van der Waals surface area contributed by atoms with E-state index in [2.05, 4.69) is 60.5 Å². The Kier molecular flexibility index (Phi) is 9.66. The van der Waals surface area contributed by atoms with Crippen molar-refractivity contribution in [2.45, 2.75) is 76.0 Å². The van der Waals surface area contributed by atoms with Crippen LogP contribution in [-0.4, -0.2) is 93.4 Å². The zero-order valence-electron chi connectivity index (χ0n) is 29.1.